The third-order valence-electron chi connectivity index (χ3n) is 3.68. The van der Waals surface area contributed by atoms with Crippen molar-refractivity contribution in [3.63, 3.8) is 0 Å². The number of rotatable bonds is 4. The Morgan fingerprint density at radius 2 is 1.88 bits per heavy atom. The normalized spacial score (nSPS) is 10.8. The highest BCUT2D eigenvalue weighted by Gasteiger charge is 2.14. The molecule has 24 heavy (non-hydrogen) atoms. The minimum absolute atomic E-state index is 0.184. The van der Waals surface area contributed by atoms with E-state index >= 15 is 0 Å². The lowest BCUT2D eigenvalue weighted by molar-refractivity contribution is -0.121. The Hall–Kier alpha value is -2.70. The lowest BCUT2D eigenvalue weighted by Gasteiger charge is -2.13. The van der Waals surface area contributed by atoms with E-state index in [9.17, 15) is 9.59 Å². The molecule has 0 aliphatic carbocycles. The van der Waals surface area contributed by atoms with Gasteiger partial charge < -0.3 is 0 Å². The van der Waals surface area contributed by atoms with Crippen molar-refractivity contribution in [3.8, 4) is 0 Å². The number of carbonyl (C=O) groups excluding carboxylic acids is 1. The van der Waals surface area contributed by atoms with Crippen LogP contribution in [0.4, 0.5) is 0 Å². The van der Waals surface area contributed by atoms with Gasteiger partial charge in [-0.2, -0.15) is 0 Å². The molecule has 3 aromatic rings. The van der Waals surface area contributed by atoms with Gasteiger partial charge in [0.25, 0.3) is 11.5 Å². The first kappa shape index (κ1) is 16.2. The summed E-state index contributed by atoms with van der Waals surface area (Å²) >= 11 is 5.90. The van der Waals surface area contributed by atoms with Gasteiger partial charge in [0, 0.05) is 11.4 Å². The number of benzene rings is 2. The summed E-state index contributed by atoms with van der Waals surface area (Å²) in [4.78, 5) is 29.0. The van der Waals surface area contributed by atoms with E-state index in [-0.39, 0.29) is 12.1 Å². The number of nitrogens with one attached hydrogen (secondary N) is 1. The molecule has 122 valence electrons. The number of nitrogens with zero attached hydrogens (tertiary/aromatic N) is 2. The summed E-state index contributed by atoms with van der Waals surface area (Å²) in [5.41, 5.74) is 3.30. The summed E-state index contributed by atoms with van der Waals surface area (Å²) in [5.74, 6) is 5.18. The van der Waals surface area contributed by atoms with Crippen molar-refractivity contribution in [3.05, 3.63) is 75.3 Å². The molecular formula is C17H15ClN4O2. The standard InChI is InChI=1S/C17H15ClN4O2/c18-12-7-5-11(6-8-12)9-15-20-14-4-2-1-3-13(14)17(24)22(15)10-16(23)21-19/h1-8H,9-10,19H2,(H,21,23). The van der Waals surface area contributed by atoms with Crippen LogP contribution in [0.1, 0.15) is 11.4 Å². The SMILES string of the molecule is NNC(=O)Cn1c(Cc2ccc(Cl)cc2)nc2ccccc2c1=O. The van der Waals surface area contributed by atoms with Gasteiger partial charge in [0.2, 0.25) is 0 Å². The molecule has 6 nitrogen and oxygen atoms in total. The quantitative estimate of drug-likeness (QED) is 0.428. The van der Waals surface area contributed by atoms with Crippen LogP contribution >= 0.6 is 11.6 Å². The number of fused-ring (bicyclic) bond motifs is 1. The predicted octanol–water partition coefficient (Wildman–Crippen LogP) is 1.63. The van der Waals surface area contributed by atoms with Crippen LogP contribution < -0.4 is 16.8 Å². The lowest BCUT2D eigenvalue weighted by atomic mass is 10.1. The first-order valence-electron chi connectivity index (χ1n) is 7.31. The van der Waals surface area contributed by atoms with Crippen molar-refractivity contribution in [2.45, 2.75) is 13.0 Å². The van der Waals surface area contributed by atoms with Gasteiger partial charge in [0.15, 0.2) is 0 Å². The van der Waals surface area contributed by atoms with Crippen LogP contribution in [0.25, 0.3) is 10.9 Å². The molecule has 0 atom stereocenters. The molecular weight excluding hydrogens is 328 g/mol. The largest absolute Gasteiger partial charge is 0.293 e. The van der Waals surface area contributed by atoms with Crippen LogP contribution in [0.2, 0.25) is 5.02 Å². The highest BCUT2D eigenvalue weighted by Crippen LogP contribution is 2.14. The van der Waals surface area contributed by atoms with Crippen LogP contribution in [0, 0.1) is 0 Å². The molecule has 1 amide bonds. The Kier molecular flexibility index (Phi) is 4.59. The molecule has 0 spiro atoms. The van der Waals surface area contributed by atoms with Crippen molar-refractivity contribution in [1.29, 1.82) is 0 Å². The zero-order valence-corrected chi connectivity index (χ0v) is 13.5. The van der Waals surface area contributed by atoms with E-state index in [2.05, 4.69) is 4.98 Å². The number of hydrazine groups is 1. The zero-order valence-electron chi connectivity index (χ0n) is 12.7. The molecule has 0 radical (unpaired) electrons. The molecule has 1 aromatic heterocycles. The molecule has 1 heterocycles. The van der Waals surface area contributed by atoms with E-state index in [1.807, 2.05) is 23.6 Å². The fourth-order valence-electron chi connectivity index (χ4n) is 2.49. The van der Waals surface area contributed by atoms with Gasteiger partial charge in [0.1, 0.15) is 12.4 Å². The molecule has 0 unspecified atom stereocenters. The minimum atomic E-state index is -0.466. The fraction of sp³-hybridized carbons (Fsp3) is 0.118. The molecule has 2 aromatic carbocycles. The summed E-state index contributed by atoms with van der Waals surface area (Å²) in [6, 6.07) is 14.3. The monoisotopic (exact) mass is 342 g/mol. The summed E-state index contributed by atoms with van der Waals surface area (Å²) in [6.45, 7) is -0.184. The number of para-hydroxylation sites is 1. The van der Waals surface area contributed by atoms with Crippen molar-refractivity contribution in [2.75, 3.05) is 0 Å². The average molecular weight is 343 g/mol. The highest BCUT2D eigenvalue weighted by molar-refractivity contribution is 6.30. The van der Waals surface area contributed by atoms with Gasteiger partial charge >= 0.3 is 0 Å². The summed E-state index contributed by atoms with van der Waals surface area (Å²) < 4.78 is 1.35. The predicted molar refractivity (Wildman–Crippen MR) is 92.6 cm³/mol. The summed E-state index contributed by atoms with van der Waals surface area (Å²) in [5, 5.41) is 1.09. The molecule has 3 rings (SSSR count). The summed E-state index contributed by atoms with van der Waals surface area (Å²) in [6.07, 6.45) is 0.398. The Labute approximate surface area is 142 Å². The number of aromatic nitrogens is 2. The van der Waals surface area contributed by atoms with E-state index in [4.69, 9.17) is 17.4 Å². The van der Waals surface area contributed by atoms with Crippen LogP contribution in [0.3, 0.4) is 0 Å². The van der Waals surface area contributed by atoms with Crippen molar-refractivity contribution < 1.29 is 4.79 Å². The Bertz CT molecular complexity index is 951. The maximum absolute atomic E-state index is 12.7. The second-order valence-electron chi connectivity index (χ2n) is 5.31. The molecule has 0 saturated carbocycles. The molecule has 0 fully saturated rings. The number of amides is 1. The first-order valence-corrected chi connectivity index (χ1v) is 7.68. The topological polar surface area (TPSA) is 90.0 Å². The van der Waals surface area contributed by atoms with Crippen LogP contribution in [-0.2, 0) is 17.8 Å². The number of hydrogen-bond acceptors (Lipinski definition) is 4. The molecule has 7 heteroatoms. The average Bonchev–Trinajstić information content (AvgIpc) is 2.60. The third-order valence-corrected chi connectivity index (χ3v) is 3.93. The van der Waals surface area contributed by atoms with E-state index in [1.54, 1.807) is 30.3 Å². The maximum Gasteiger partial charge on any atom is 0.261 e. The van der Waals surface area contributed by atoms with Crippen molar-refractivity contribution in [1.82, 2.24) is 15.0 Å². The molecule has 3 N–H and O–H groups in total. The number of hydrogen-bond donors (Lipinski definition) is 2. The molecule has 0 bridgehead atoms. The summed E-state index contributed by atoms with van der Waals surface area (Å²) in [7, 11) is 0. The maximum atomic E-state index is 12.7. The van der Waals surface area contributed by atoms with Crippen LogP contribution in [-0.4, -0.2) is 15.5 Å². The van der Waals surface area contributed by atoms with Gasteiger partial charge in [-0.15, -0.1) is 0 Å². The van der Waals surface area contributed by atoms with Crippen molar-refractivity contribution in [2.24, 2.45) is 5.84 Å². The molecule has 0 saturated heterocycles. The fourth-order valence-corrected chi connectivity index (χ4v) is 2.61. The van der Waals surface area contributed by atoms with Gasteiger partial charge in [0.05, 0.1) is 10.9 Å². The lowest BCUT2D eigenvalue weighted by Crippen LogP contribution is -2.37. The van der Waals surface area contributed by atoms with Crippen LogP contribution in [0.15, 0.2) is 53.3 Å². The van der Waals surface area contributed by atoms with Gasteiger partial charge in [-0.25, -0.2) is 10.8 Å². The van der Waals surface area contributed by atoms with Gasteiger partial charge in [-0.05, 0) is 29.8 Å². The van der Waals surface area contributed by atoms with E-state index in [0.717, 1.165) is 5.56 Å². The number of nitrogens with two attached hydrogens (primary N) is 1. The Morgan fingerprint density at radius 1 is 1.17 bits per heavy atom. The minimum Gasteiger partial charge on any atom is -0.293 e. The zero-order chi connectivity index (χ0) is 17.1. The van der Waals surface area contributed by atoms with Crippen LogP contribution in [0.5, 0.6) is 0 Å². The van der Waals surface area contributed by atoms with Gasteiger partial charge in [-0.3, -0.25) is 19.6 Å². The number of carbonyl (C=O) groups is 1. The third kappa shape index (κ3) is 3.29. The van der Waals surface area contributed by atoms with Crippen molar-refractivity contribution >= 4 is 28.4 Å². The highest BCUT2D eigenvalue weighted by atomic mass is 35.5. The number of halogens is 1. The Morgan fingerprint density at radius 3 is 2.58 bits per heavy atom. The Balaban J connectivity index is 2.12. The molecule has 0 aliphatic heterocycles. The molecule has 0 aliphatic rings. The van der Waals surface area contributed by atoms with E-state index < -0.39 is 5.91 Å². The first-order chi connectivity index (χ1) is 11.6. The van der Waals surface area contributed by atoms with E-state index in [0.29, 0.717) is 28.2 Å². The smallest absolute Gasteiger partial charge is 0.261 e. The van der Waals surface area contributed by atoms with Gasteiger partial charge in [-0.1, -0.05) is 35.9 Å². The van der Waals surface area contributed by atoms with E-state index in [1.165, 1.54) is 4.57 Å². The second-order valence-corrected chi connectivity index (χ2v) is 5.74. The second kappa shape index (κ2) is 6.82.